The molecule has 0 atom stereocenters. The Balaban J connectivity index is 2.62. The molecule has 1 N–H and O–H groups in total. The van der Waals surface area contributed by atoms with Crippen molar-refractivity contribution in [2.75, 3.05) is 6.61 Å². The Hall–Kier alpha value is -1.52. The van der Waals surface area contributed by atoms with Gasteiger partial charge in [0.1, 0.15) is 12.2 Å². The van der Waals surface area contributed by atoms with Gasteiger partial charge in [-0.15, -0.1) is 0 Å². The van der Waals surface area contributed by atoms with Crippen LogP contribution in [0.5, 0.6) is 5.88 Å². The van der Waals surface area contributed by atoms with Gasteiger partial charge in [0.25, 0.3) is 0 Å². The van der Waals surface area contributed by atoms with Gasteiger partial charge in [-0.1, -0.05) is 20.8 Å². The highest BCUT2D eigenvalue weighted by Gasteiger charge is 2.33. The van der Waals surface area contributed by atoms with Crippen molar-refractivity contribution in [1.82, 2.24) is 9.78 Å². The van der Waals surface area contributed by atoms with E-state index in [1.54, 1.807) is 4.68 Å². The molecule has 0 radical (unpaired) electrons. The molecule has 5 nitrogen and oxygen atoms in total. The summed E-state index contributed by atoms with van der Waals surface area (Å²) in [6.45, 7) is 6.96. The lowest BCUT2D eigenvalue weighted by atomic mass is 9.89. The van der Waals surface area contributed by atoms with Crippen LogP contribution in [0.1, 0.15) is 36.8 Å². The van der Waals surface area contributed by atoms with Gasteiger partial charge in [0.15, 0.2) is 0 Å². The minimum absolute atomic E-state index is 0.208. The van der Waals surface area contributed by atoms with Gasteiger partial charge in [-0.2, -0.15) is 5.10 Å². The summed E-state index contributed by atoms with van der Waals surface area (Å²) in [5.74, 6) is -0.574. The molecule has 15 heavy (non-hydrogen) atoms. The van der Waals surface area contributed by atoms with Crippen molar-refractivity contribution in [3.63, 3.8) is 0 Å². The third-order valence-corrected chi connectivity index (χ3v) is 2.37. The van der Waals surface area contributed by atoms with E-state index in [2.05, 4.69) is 5.10 Å². The van der Waals surface area contributed by atoms with Gasteiger partial charge in [-0.05, 0) is 0 Å². The Labute approximate surface area is 87.7 Å². The minimum atomic E-state index is -0.969. The van der Waals surface area contributed by atoms with Gasteiger partial charge < -0.3 is 9.84 Å². The molecule has 0 aromatic carbocycles. The van der Waals surface area contributed by atoms with Crippen LogP contribution in [0.25, 0.3) is 0 Å². The second-order valence-electron chi connectivity index (χ2n) is 4.66. The van der Waals surface area contributed by atoms with Gasteiger partial charge in [-0.25, -0.2) is 9.48 Å². The van der Waals surface area contributed by atoms with Crippen LogP contribution in [0.3, 0.4) is 0 Å². The number of rotatable bonds is 1. The van der Waals surface area contributed by atoms with E-state index in [0.717, 1.165) is 0 Å². The SMILES string of the molecule is CC(C)(C)c1nn2c(c1C(=O)O)OCC2. The molecule has 0 fully saturated rings. The van der Waals surface area contributed by atoms with E-state index in [1.807, 2.05) is 20.8 Å². The van der Waals surface area contributed by atoms with E-state index < -0.39 is 5.97 Å². The molecule has 1 aliphatic rings. The zero-order chi connectivity index (χ0) is 11.2. The van der Waals surface area contributed by atoms with Crippen LogP contribution in [0.15, 0.2) is 0 Å². The Kier molecular flexibility index (Phi) is 1.99. The molecular formula is C10H14N2O3. The average molecular weight is 210 g/mol. The average Bonchev–Trinajstić information content (AvgIpc) is 2.56. The minimum Gasteiger partial charge on any atom is -0.477 e. The lowest BCUT2D eigenvalue weighted by molar-refractivity contribution is 0.0690. The van der Waals surface area contributed by atoms with Gasteiger partial charge in [0.2, 0.25) is 5.88 Å². The smallest absolute Gasteiger partial charge is 0.343 e. The van der Waals surface area contributed by atoms with Crippen molar-refractivity contribution in [3.05, 3.63) is 11.3 Å². The standard InChI is InChI=1S/C10H14N2O3/c1-10(2,3)7-6(9(13)14)8-12(11-7)4-5-15-8/h4-5H2,1-3H3,(H,13,14). The number of aromatic carboxylic acids is 1. The number of fused-ring (bicyclic) bond motifs is 1. The predicted molar refractivity (Wildman–Crippen MR) is 53.4 cm³/mol. The fourth-order valence-electron chi connectivity index (χ4n) is 1.69. The Morgan fingerprint density at radius 1 is 1.53 bits per heavy atom. The highest BCUT2D eigenvalue weighted by atomic mass is 16.5. The van der Waals surface area contributed by atoms with E-state index in [-0.39, 0.29) is 11.0 Å². The van der Waals surface area contributed by atoms with Crippen LogP contribution in [-0.4, -0.2) is 27.5 Å². The third-order valence-electron chi connectivity index (χ3n) is 2.37. The van der Waals surface area contributed by atoms with E-state index in [9.17, 15) is 4.79 Å². The summed E-state index contributed by atoms with van der Waals surface area (Å²) in [7, 11) is 0. The van der Waals surface area contributed by atoms with E-state index in [4.69, 9.17) is 9.84 Å². The highest BCUT2D eigenvalue weighted by Crippen LogP contribution is 2.33. The van der Waals surface area contributed by atoms with E-state index in [0.29, 0.717) is 24.7 Å². The lowest BCUT2D eigenvalue weighted by Crippen LogP contribution is -2.17. The molecule has 2 heterocycles. The fourth-order valence-corrected chi connectivity index (χ4v) is 1.69. The highest BCUT2D eigenvalue weighted by molar-refractivity contribution is 5.92. The first kappa shape index (κ1) is 10.0. The molecule has 1 aliphatic heterocycles. The quantitative estimate of drug-likeness (QED) is 0.758. The molecule has 5 heteroatoms. The van der Waals surface area contributed by atoms with Crippen molar-refractivity contribution in [3.8, 4) is 5.88 Å². The summed E-state index contributed by atoms with van der Waals surface area (Å²) in [6, 6.07) is 0. The topological polar surface area (TPSA) is 64.4 Å². The number of carboxylic acids is 1. The van der Waals surface area contributed by atoms with Gasteiger partial charge in [-0.3, -0.25) is 0 Å². The first-order valence-electron chi connectivity index (χ1n) is 4.88. The number of ether oxygens (including phenoxy) is 1. The van der Waals surface area contributed by atoms with E-state index >= 15 is 0 Å². The molecule has 0 bridgehead atoms. The molecule has 82 valence electrons. The van der Waals surface area contributed by atoms with Gasteiger partial charge >= 0.3 is 5.97 Å². The summed E-state index contributed by atoms with van der Waals surface area (Å²) < 4.78 is 6.92. The molecule has 0 unspecified atom stereocenters. The first-order chi connectivity index (χ1) is 6.91. The summed E-state index contributed by atoms with van der Waals surface area (Å²) in [6.07, 6.45) is 0. The molecule has 1 aromatic heterocycles. The molecule has 0 aliphatic carbocycles. The largest absolute Gasteiger partial charge is 0.477 e. The van der Waals surface area contributed by atoms with Crippen molar-refractivity contribution >= 4 is 5.97 Å². The maximum absolute atomic E-state index is 11.2. The van der Waals surface area contributed by atoms with Crippen LogP contribution >= 0.6 is 0 Å². The Bertz CT molecular complexity index is 415. The third kappa shape index (κ3) is 1.48. The molecule has 1 aromatic rings. The predicted octanol–water partition coefficient (Wildman–Crippen LogP) is 1.27. The molecule has 0 amide bonds. The summed E-state index contributed by atoms with van der Waals surface area (Å²) in [5, 5.41) is 13.4. The number of hydrogen-bond donors (Lipinski definition) is 1. The van der Waals surface area contributed by atoms with E-state index in [1.165, 1.54) is 0 Å². The van der Waals surface area contributed by atoms with Crippen molar-refractivity contribution in [1.29, 1.82) is 0 Å². The van der Waals surface area contributed by atoms with Crippen LogP contribution in [0.2, 0.25) is 0 Å². The number of hydrogen-bond acceptors (Lipinski definition) is 3. The molecule has 0 saturated heterocycles. The number of carboxylic acid groups (broad SMARTS) is 1. The van der Waals surface area contributed by atoms with Crippen molar-refractivity contribution in [2.24, 2.45) is 0 Å². The van der Waals surface area contributed by atoms with Crippen LogP contribution < -0.4 is 4.74 Å². The Morgan fingerprint density at radius 2 is 2.20 bits per heavy atom. The maximum atomic E-state index is 11.2. The van der Waals surface area contributed by atoms with Crippen molar-refractivity contribution < 1.29 is 14.6 Å². The zero-order valence-electron chi connectivity index (χ0n) is 9.07. The number of aromatic nitrogens is 2. The maximum Gasteiger partial charge on any atom is 0.343 e. The second-order valence-corrected chi connectivity index (χ2v) is 4.66. The summed E-state index contributed by atoms with van der Waals surface area (Å²) in [5.41, 5.74) is 0.513. The van der Waals surface area contributed by atoms with Crippen LogP contribution in [-0.2, 0) is 12.0 Å². The van der Waals surface area contributed by atoms with Crippen LogP contribution in [0.4, 0.5) is 0 Å². The number of nitrogens with zero attached hydrogens (tertiary/aromatic N) is 2. The van der Waals surface area contributed by atoms with Gasteiger partial charge in [0.05, 0.1) is 12.2 Å². The summed E-state index contributed by atoms with van der Waals surface area (Å²) >= 11 is 0. The normalized spacial score (nSPS) is 14.9. The molecule has 0 spiro atoms. The number of carbonyl (C=O) groups is 1. The first-order valence-corrected chi connectivity index (χ1v) is 4.88. The second kappa shape index (κ2) is 2.98. The van der Waals surface area contributed by atoms with Crippen molar-refractivity contribution in [2.45, 2.75) is 32.7 Å². The fraction of sp³-hybridized carbons (Fsp3) is 0.600. The van der Waals surface area contributed by atoms with Crippen LogP contribution in [0, 0.1) is 0 Å². The molecule has 2 rings (SSSR count). The molecular weight excluding hydrogens is 196 g/mol. The summed E-state index contributed by atoms with van der Waals surface area (Å²) in [4.78, 5) is 11.2. The molecule has 0 saturated carbocycles. The monoisotopic (exact) mass is 210 g/mol. The zero-order valence-corrected chi connectivity index (χ0v) is 9.07. The Morgan fingerprint density at radius 3 is 2.73 bits per heavy atom. The van der Waals surface area contributed by atoms with Gasteiger partial charge in [0, 0.05) is 5.41 Å². The lowest BCUT2D eigenvalue weighted by Gasteiger charge is -2.16.